The summed E-state index contributed by atoms with van der Waals surface area (Å²) in [7, 11) is 0. The second kappa shape index (κ2) is 7.01. The van der Waals surface area contributed by atoms with Crippen LogP contribution in [-0.2, 0) is 6.54 Å². The van der Waals surface area contributed by atoms with Crippen molar-refractivity contribution in [3.63, 3.8) is 0 Å². The normalized spacial score (nSPS) is 16.7. The first-order chi connectivity index (χ1) is 10.4. The first kappa shape index (κ1) is 14.5. The lowest BCUT2D eigenvalue weighted by Gasteiger charge is -2.34. The molecule has 0 bridgehead atoms. The largest absolute Gasteiger partial charge is 0.329 e. The number of pyridine rings is 1. The number of hydrogen-bond acceptors (Lipinski definition) is 3. The Morgan fingerprint density at radius 3 is 2.81 bits per heavy atom. The molecular formula is C18H25N3. The van der Waals surface area contributed by atoms with Gasteiger partial charge in [0.1, 0.15) is 0 Å². The molecule has 21 heavy (non-hydrogen) atoms. The highest BCUT2D eigenvalue weighted by Crippen LogP contribution is 2.24. The van der Waals surface area contributed by atoms with E-state index in [0.29, 0.717) is 6.04 Å². The summed E-state index contributed by atoms with van der Waals surface area (Å²) >= 11 is 0. The molecule has 2 N–H and O–H groups in total. The van der Waals surface area contributed by atoms with E-state index in [1.165, 1.54) is 43.1 Å². The summed E-state index contributed by atoms with van der Waals surface area (Å²) in [6.07, 6.45) is 8.64. The first-order valence-electron chi connectivity index (χ1n) is 8.14. The van der Waals surface area contributed by atoms with E-state index < -0.39 is 0 Å². The fourth-order valence-electron chi connectivity index (χ4n) is 3.46. The molecule has 2 aromatic rings. The van der Waals surface area contributed by atoms with E-state index in [2.05, 4.69) is 34.1 Å². The van der Waals surface area contributed by atoms with Crippen LogP contribution in [0.3, 0.4) is 0 Å². The maximum atomic E-state index is 5.83. The van der Waals surface area contributed by atoms with Gasteiger partial charge in [-0.15, -0.1) is 0 Å². The van der Waals surface area contributed by atoms with Gasteiger partial charge in [-0.05, 0) is 36.6 Å². The number of nitrogens with two attached hydrogens (primary N) is 1. The molecule has 1 aliphatic rings. The molecule has 0 aliphatic heterocycles. The second-order valence-electron chi connectivity index (χ2n) is 6.08. The fourth-order valence-corrected chi connectivity index (χ4v) is 3.46. The predicted molar refractivity (Wildman–Crippen MR) is 88.1 cm³/mol. The van der Waals surface area contributed by atoms with Crippen molar-refractivity contribution >= 4 is 10.9 Å². The van der Waals surface area contributed by atoms with Crippen molar-refractivity contribution in [2.75, 3.05) is 13.1 Å². The van der Waals surface area contributed by atoms with Gasteiger partial charge in [0.15, 0.2) is 0 Å². The Hall–Kier alpha value is -1.45. The van der Waals surface area contributed by atoms with Crippen LogP contribution in [0.2, 0.25) is 0 Å². The van der Waals surface area contributed by atoms with Gasteiger partial charge in [-0.1, -0.05) is 31.4 Å². The van der Waals surface area contributed by atoms with Crippen molar-refractivity contribution in [3.05, 3.63) is 42.1 Å². The highest BCUT2D eigenvalue weighted by atomic mass is 15.2. The molecule has 0 radical (unpaired) electrons. The van der Waals surface area contributed by atoms with Crippen molar-refractivity contribution in [1.82, 2.24) is 9.88 Å². The minimum Gasteiger partial charge on any atom is -0.329 e. The zero-order chi connectivity index (χ0) is 14.5. The molecule has 3 rings (SSSR count). The van der Waals surface area contributed by atoms with Crippen LogP contribution in [0.4, 0.5) is 0 Å². The summed E-state index contributed by atoms with van der Waals surface area (Å²) in [5.41, 5.74) is 8.27. The molecule has 0 atom stereocenters. The molecule has 0 amide bonds. The maximum Gasteiger partial charge on any atom is 0.0702 e. The number of nitrogens with zero attached hydrogens (tertiary/aromatic N) is 2. The van der Waals surface area contributed by atoms with E-state index in [-0.39, 0.29) is 0 Å². The summed E-state index contributed by atoms with van der Waals surface area (Å²) in [4.78, 5) is 6.97. The molecule has 1 heterocycles. The van der Waals surface area contributed by atoms with Crippen LogP contribution < -0.4 is 5.73 Å². The summed E-state index contributed by atoms with van der Waals surface area (Å²) < 4.78 is 0. The average molecular weight is 283 g/mol. The highest BCUT2D eigenvalue weighted by Gasteiger charge is 2.20. The van der Waals surface area contributed by atoms with E-state index in [9.17, 15) is 0 Å². The number of fused-ring (bicyclic) bond motifs is 1. The smallest absolute Gasteiger partial charge is 0.0702 e. The highest BCUT2D eigenvalue weighted by molar-refractivity contribution is 5.78. The van der Waals surface area contributed by atoms with Crippen molar-refractivity contribution in [2.24, 2.45) is 5.73 Å². The summed E-state index contributed by atoms with van der Waals surface area (Å²) in [5, 5.41) is 1.23. The SMILES string of the molecule is NCCN(Cc1ccc2ncccc2c1)C1CCCCC1. The van der Waals surface area contributed by atoms with E-state index in [1.54, 1.807) is 0 Å². The Morgan fingerprint density at radius 2 is 2.00 bits per heavy atom. The molecule has 3 nitrogen and oxygen atoms in total. The van der Waals surface area contributed by atoms with Crippen LogP contribution in [0.25, 0.3) is 10.9 Å². The second-order valence-corrected chi connectivity index (χ2v) is 6.08. The maximum absolute atomic E-state index is 5.83. The van der Waals surface area contributed by atoms with E-state index in [0.717, 1.165) is 25.2 Å². The molecular weight excluding hydrogens is 258 g/mol. The Kier molecular flexibility index (Phi) is 4.84. The van der Waals surface area contributed by atoms with Crippen LogP contribution in [0.15, 0.2) is 36.5 Å². The Morgan fingerprint density at radius 1 is 1.14 bits per heavy atom. The third kappa shape index (κ3) is 3.60. The topological polar surface area (TPSA) is 42.1 Å². The van der Waals surface area contributed by atoms with Gasteiger partial charge in [0.25, 0.3) is 0 Å². The van der Waals surface area contributed by atoms with Gasteiger partial charge in [0.2, 0.25) is 0 Å². The van der Waals surface area contributed by atoms with Crippen LogP contribution in [-0.4, -0.2) is 29.0 Å². The quantitative estimate of drug-likeness (QED) is 0.915. The lowest BCUT2D eigenvalue weighted by molar-refractivity contribution is 0.152. The number of rotatable bonds is 5. The lowest BCUT2D eigenvalue weighted by atomic mass is 9.93. The van der Waals surface area contributed by atoms with Gasteiger partial charge in [-0.2, -0.15) is 0 Å². The summed E-state index contributed by atoms with van der Waals surface area (Å²) in [6.45, 7) is 2.74. The van der Waals surface area contributed by atoms with E-state index in [1.807, 2.05) is 12.3 Å². The molecule has 0 spiro atoms. The molecule has 0 unspecified atom stereocenters. The Bertz CT molecular complexity index is 575. The molecule has 1 aromatic heterocycles. The Balaban J connectivity index is 1.76. The van der Waals surface area contributed by atoms with Crippen LogP contribution >= 0.6 is 0 Å². The molecule has 1 aliphatic carbocycles. The average Bonchev–Trinajstić information content (AvgIpc) is 2.55. The standard InChI is InChI=1S/C18H25N3/c19-10-12-21(17-6-2-1-3-7-17)14-15-8-9-18-16(13-15)5-4-11-20-18/h4-5,8-9,11,13,17H,1-3,6-7,10,12,14,19H2. The van der Waals surface area contributed by atoms with Gasteiger partial charge < -0.3 is 5.73 Å². The molecule has 0 saturated heterocycles. The van der Waals surface area contributed by atoms with Crippen molar-refractivity contribution in [3.8, 4) is 0 Å². The van der Waals surface area contributed by atoms with Crippen LogP contribution in [0, 0.1) is 0 Å². The monoisotopic (exact) mass is 283 g/mol. The third-order valence-corrected chi connectivity index (χ3v) is 4.56. The van der Waals surface area contributed by atoms with E-state index in [4.69, 9.17) is 5.73 Å². The van der Waals surface area contributed by atoms with Gasteiger partial charge in [-0.3, -0.25) is 9.88 Å². The molecule has 1 aromatic carbocycles. The number of hydrogen-bond donors (Lipinski definition) is 1. The molecule has 112 valence electrons. The van der Waals surface area contributed by atoms with Crippen LogP contribution in [0.1, 0.15) is 37.7 Å². The lowest BCUT2D eigenvalue weighted by Crippen LogP contribution is -2.39. The van der Waals surface area contributed by atoms with Gasteiger partial charge in [0, 0.05) is 37.3 Å². The Labute approximate surface area is 127 Å². The predicted octanol–water partition coefficient (Wildman–Crippen LogP) is 3.33. The fraction of sp³-hybridized carbons (Fsp3) is 0.500. The number of aromatic nitrogens is 1. The van der Waals surface area contributed by atoms with Gasteiger partial charge in [-0.25, -0.2) is 0 Å². The summed E-state index contributed by atoms with van der Waals surface area (Å²) in [6, 6.07) is 11.5. The van der Waals surface area contributed by atoms with Crippen molar-refractivity contribution in [1.29, 1.82) is 0 Å². The zero-order valence-electron chi connectivity index (χ0n) is 12.7. The molecule has 1 saturated carbocycles. The number of benzene rings is 1. The summed E-state index contributed by atoms with van der Waals surface area (Å²) in [5.74, 6) is 0. The minimum absolute atomic E-state index is 0.715. The van der Waals surface area contributed by atoms with Gasteiger partial charge >= 0.3 is 0 Å². The third-order valence-electron chi connectivity index (χ3n) is 4.56. The van der Waals surface area contributed by atoms with Gasteiger partial charge in [0.05, 0.1) is 5.52 Å². The molecule has 1 fully saturated rings. The van der Waals surface area contributed by atoms with Crippen molar-refractivity contribution in [2.45, 2.75) is 44.7 Å². The minimum atomic E-state index is 0.715. The van der Waals surface area contributed by atoms with Crippen LogP contribution in [0.5, 0.6) is 0 Å². The van der Waals surface area contributed by atoms with Crippen molar-refractivity contribution < 1.29 is 0 Å². The first-order valence-corrected chi connectivity index (χ1v) is 8.14. The van der Waals surface area contributed by atoms with E-state index >= 15 is 0 Å². The molecule has 3 heteroatoms. The zero-order valence-corrected chi connectivity index (χ0v) is 12.7.